The second kappa shape index (κ2) is 7.64. The predicted octanol–water partition coefficient (Wildman–Crippen LogP) is 3.81. The van der Waals surface area contributed by atoms with Crippen molar-refractivity contribution in [3.63, 3.8) is 0 Å². The highest BCUT2D eigenvalue weighted by molar-refractivity contribution is 4.88. The van der Waals surface area contributed by atoms with Crippen molar-refractivity contribution >= 4 is 0 Å². The van der Waals surface area contributed by atoms with Crippen molar-refractivity contribution in [3.05, 3.63) is 0 Å². The van der Waals surface area contributed by atoms with E-state index in [4.69, 9.17) is 0 Å². The van der Waals surface area contributed by atoms with Crippen LogP contribution in [0.15, 0.2) is 0 Å². The van der Waals surface area contributed by atoms with Crippen LogP contribution in [0.4, 0.5) is 0 Å². The van der Waals surface area contributed by atoms with E-state index in [2.05, 4.69) is 31.0 Å². The first kappa shape index (κ1) is 15.3. The molecule has 1 N–H and O–H groups in total. The van der Waals surface area contributed by atoms with E-state index >= 15 is 0 Å². The molecule has 0 heterocycles. The lowest BCUT2D eigenvalue weighted by Gasteiger charge is -2.41. The van der Waals surface area contributed by atoms with Gasteiger partial charge in [0.25, 0.3) is 0 Å². The van der Waals surface area contributed by atoms with E-state index in [1.54, 1.807) is 0 Å². The van der Waals surface area contributed by atoms with Crippen molar-refractivity contribution in [1.82, 2.24) is 10.2 Å². The van der Waals surface area contributed by atoms with Gasteiger partial charge in [0.1, 0.15) is 0 Å². The van der Waals surface area contributed by atoms with E-state index in [0.29, 0.717) is 0 Å². The molecular weight excluding hydrogens is 232 g/mol. The largest absolute Gasteiger partial charge is 0.314 e. The summed E-state index contributed by atoms with van der Waals surface area (Å²) in [5.74, 6) is 0.812. The summed E-state index contributed by atoms with van der Waals surface area (Å²) < 4.78 is 0. The highest BCUT2D eigenvalue weighted by atomic mass is 15.2. The highest BCUT2D eigenvalue weighted by Gasteiger charge is 2.31. The van der Waals surface area contributed by atoms with Crippen LogP contribution in [0.2, 0.25) is 0 Å². The van der Waals surface area contributed by atoms with Gasteiger partial charge in [0.2, 0.25) is 0 Å². The van der Waals surface area contributed by atoms with E-state index < -0.39 is 0 Å². The lowest BCUT2D eigenvalue weighted by Crippen LogP contribution is -2.47. The summed E-state index contributed by atoms with van der Waals surface area (Å²) in [5.41, 5.74) is 0. The molecule has 0 amide bonds. The first-order valence-corrected chi connectivity index (χ1v) is 8.69. The van der Waals surface area contributed by atoms with E-state index in [0.717, 1.165) is 30.6 Å². The summed E-state index contributed by atoms with van der Waals surface area (Å²) >= 11 is 0. The van der Waals surface area contributed by atoms with Gasteiger partial charge >= 0.3 is 0 Å². The van der Waals surface area contributed by atoms with Crippen molar-refractivity contribution in [3.8, 4) is 0 Å². The average molecular weight is 266 g/mol. The molecule has 19 heavy (non-hydrogen) atoms. The van der Waals surface area contributed by atoms with E-state index in [1.807, 2.05) is 0 Å². The van der Waals surface area contributed by atoms with Crippen LogP contribution in [0.3, 0.4) is 0 Å². The van der Waals surface area contributed by atoms with Gasteiger partial charge in [-0.1, -0.05) is 33.6 Å². The van der Waals surface area contributed by atoms with Gasteiger partial charge in [-0.05, 0) is 51.0 Å². The summed E-state index contributed by atoms with van der Waals surface area (Å²) in [7, 11) is 0. The molecule has 0 aromatic rings. The zero-order chi connectivity index (χ0) is 13.7. The summed E-state index contributed by atoms with van der Waals surface area (Å²) in [5, 5.41) is 3.64. The van der Waals surface area contributed by atoms with Crippen LogP contribution in [0, 0.1) is 5.92 Å². The van der Waals surface area contributed by atoms with Crippen LogP contribution < -0.4 is 5.32 Å². The van der Waals surface area contributed by atoms with Crippen LogP contribution in [0.5, 0.6) is 0 Å². The normalized spacial score (nSPS) is 29.5. The number of nitrogens with zero attached hydrogens (tertiary/aromatic N) is 1. The Kier molecular flexibility index (Phi) is 6.15. The Balaban J connectivity index is 1.87. The fraction of sp³-hybridized carbons (Fsp3) is 1.00. The minimum absolute atomic E-state index is 0.797. The van der Waals surface area contributed by atoms with E-state index in [1.165, 1.54) is 57.9 Å². The quantitative estimate of drug-likeness (QED) is 0.786. The van der Waals surface area contributed by atoms with Gasteiger partial charge in [0, 0.05) is 24.7 Å². The van der Waals surface area contributed by atoms with Gasteiger partial charge in [-0.25, -0.2) is 0 Å². The molecule has 0 aliphatic heterocycles. The second-order valence-electron chi connectivity index (χ2n) is 7.09. The first-order chi connectivity index (χ1) is 9.20. The Morgan fingerprint density at radius 3 is 2.05 bits per heavy atom. The van der Waals surface area contributed by atoms with Gasteiger partial charge in [0.05, 0.1) is 0 Å². The van der Waals surface area contributed by atoms with Crippen LogP contribution >= 0.6 is 0 Å². The number of nitrogens with one attached hydrogen (secondary N) is 1. The Hall–Kier alpha value is -0.0800. The molecule has 0 aromatic heterocycles. The predicted molar refractivity (Wildman–Crippen MR) is 83.5 cm³/mol. The SMILES string of the molecule is CCNC1CCC(N(CC(C)C)C2CCCC2)CC1. The third kappa shape index (κ3) is 4.46. The fourth-order valence-electron chi connectivity index (χ4n) is 4.15. The first-order valence-electron chi connectivity index (χ1n) is 8.69. The second-order valence-corrected chi connectivity index (χ2v) is 7.09. The smallest absolute Gasteiger partial charge is 0.00994 e. The average Bonchev–Trinajstić information content (AvgIpc) is 2.91. The highest BCUT2D eigenvalue weighted by Crippen LogP contribution is 2.31. The molecule has 2 nitrogen and oxygen atoms in total. The van der Waals surface area contributed by atoms with Crippen molar-refractivity contribution in [2.24, 2.45) is 5.92 Å². The molecule has 0 atom stereocenters. The minimum Gasteiger partial charge on any atom is -0.314 e. The Bertz CT molecular complexity index is 238. The maximum absolute atomic E-state index is 3.64. The number of hydrogen-bond donors (Lipinski definition) is 1. The molecule has 112 valence electrons. The molecule has 0 bridgehead atoms. The Morgan fingerprint density at radius 2 is 1.53 bits per heavy atom. The van der Waals surface area contributed by atoms with Crippen LogP contribution in [0.1, 0.15) is 72.1 Å². The van der Waals surface area contributed by atoms with Gasteiger partial charge < -0.3 is 5.32 Å². The van der Waals surface area contributed by atoms with Gasteiger partial charge in [0.15, 0.2) is 0 Å². The molecule has 0 unspecified atom stereocenters. The summed E-state index contributed by atoms with van der Waals surface area (Å²) in [6.45, 7) is 9.45. The molecular formula is C17H34N2. The molecule has 0 saturated heterocycles. The number of rotatable bonds is 6. The summed E-state index contributed by atoms with van der Waals surface area (Å²) in [4.78, 5) is 2.90. The summed E-state index contributed by atoms with van der Waals surface area (Å²) in [6, 6.07) is 2.58. The Morgan fingerprint density at radius 1 is 0.947 bits per heavy atom. The fourth-order valence-corrected chi connectivity index (χ4v) is 4.15. The standard InChI is InChI=1S/C17H34N2/c1-4-18-15-9-11-17(12-10-15)19(13-14(2)3)16-7-5-6-8-16/h14-18H,4-13H2,1-3H3. The molecule has 0 aromatic carbocycles. The molecule has 2 heteroatoms. The van der Waals surface area contributed by atoms with Crippen molar-refractivity contribution in [2.45, 2.75) is 90.3 Å². The molecule has 0 radical (unpaired) electrons. The van der Waals surface area contributed by atoms with Gasteiger partial charge in [-0.15, -0.1) is 0 Å². The topological polar surface area (TPSA) is 15.3 Å². The molecule has 0 spiro atoms. The maximum Gasteiger partial charge on any atom is 0.00994 e. The van der Waals surface area contributed by atoms with Crippen LogP contribution in [0.25, 0.3) is 0 Å². The molecule has 2 fully saturated rings. The molecule has 2 aliphatic carbocycles. The lowest BCUT2D eigenvalue weighted by atomic mass is 9.88. The third-order valence-electron chi connectivity index (χ3n) is 5.03. The zero-order valence-corrected chi connectivity index (χ0v) is 13.3. The molecule has 2 rings (SSSR count). The van der Waals surface area contributed by atoms with Crippen molar-refractivity contribution < 1.29 is 0 Å². The monoisotopic (exact) mass is 266 g/mol. The van der Waals surface area contributed by atoms with E-state index in [-0.39, 0.29) is 0 Å². The number of hydrogen-bond acceptors (Lipinski definition) is 2. The van der Waals surface area contributed by atoms with Gasteiger partial charge in [-0.2, -0.15) is 0 Å². The van der Waals surface area contributed by atoms with Gasteiger partial charge in [-0.3, -0.25) is 4.90 Å². The van der Waals surface area contributed by atoms with Crippen LogP contribution in [-0.2, 0) is 0 Å². The molecule has 2 saturated carbocycles. The van der Waals surface area contributed by atoms with Crippen molar-refractivity contribution in [1.29, 1.82) is 0 Å². The zero-order valence-electron chi connectivity index (χ0n) is 13.3. The van der Waals surface area contributed by atoms with E-state index in [9.17, 15) is 0 Å². The summed E-state index contributed by atoms with van der Waals surface area (Å²) in [6.07, 6.45) is 11.5. The minimum atomic E-state index is 0.797. The molecule has 2 aliphatic rings. The van der Waals surface area contributed by atoms with Crippen LogP contribution in [-0.4, -0.2) is 36.1 Å². The Labute approximate surface area is 120 Å². The lowest BCUT2D eigenvalue weighted by molar-refractivity contribution is 0.0851. The maximum atomic E-state index is 3.64. The van der Waals surface area contributed by atoms with Crippen molar-refractivity contribution in [2.75, 3.05) is 13.1 Å². The third-order valence-corrected chi connectivity index (χ3v) is 5.03.